The molecule has 0 aromatic carbocycles. The molecule has 27 heavy (non-hydrogen) atoms. The van der Waals surface area contributed by atoms with Crippen LogP contribution in [-0.2, 0) is 9.63 Å². The van der Waals surface area contributed by atoms with E-state index in [0.29, 0.717) is 44.2 Å². The quantitative estimate of drug-likeness (QED) is 0.604. The lowest BCUT2D eigenvalue weighted by molar-refractivity contribution is -0.168. The molecule has 0 saturated carbocycles. The molecule has 1 aromatic heterocycles. The van der Waals surface area contributed by atoms with Gasteiger partial charge in [-0.1, -0.05) is 0 Å². The van der Waals surface area contributed by atoms with Gasteiger partial charge in [0.25, 0.3) is 5.91 Å². The first kappa shape index (κ1) is 20.3. The van der Waals surface area contributed by atoms with Gasteiger partial charge in [0.2, 0.25) is 5.95 Å². The first-order valence-electron chi connectivity index (χ1n) is 8.47. The van der Waals surface area contributed by atoms with E-state index in [0.717, 1.165) is 0 Å². The molecule has 11 heteroatoms. The molecule has 1 aliphatic rings. The number of hydrogen-bond donors (Lipinski definition) is 2. The van der Waals surface area contributed by atoms with Gasteiger partial charge < -0.3 is 20.2 Å². The summed E-state index contributed by atoms with van der Waals surface area (Å²) in [6.07, 6.45) is 1.85. The minimum Gasteiger partial charge on any atom is -0.465 e. The zero-order valence-corrected chi connectivity index (χ0v) is 15.3. The summed E-state index contributed by atoms with van der Waals surface area (Å²) in [4.78, 5) is 40.2. The molecule has 1 saturated heterocycles. The third-order valence-corrected chi connectivity index (χ3v) is 3.99. The van der Waals surface area contributed by atoms with Crippen molar-refractivity contribution in [2.45, 2.75) is 13.0 Å². The van der Waals surface area contributed by atoms with E-state index in [1.54, 1.807) is 18.9 Å². The van der Waals surface area contributed by atoms with Gasteiger partial charge in [-0.05, 0) is 6.92 Å². The molecular formula is C16H23N7O4. The predicted octanol–water partition coefficient (Wildman–Crippen LogP) is -0.484. The number of likely N-dealkylation sites (N-methyl/N-ethyl adjacent to an activating group) is 1. The Labute approximate surface area is 157 Å². The number of nitrogens with zero attached hydrogens (tertiary/aromatic N) is 6. The van der Waals surface area contributed by atoms with E-state index in [2.05, 4.69) is 15.3 Å². The Bertz CT molecular complexity index is 683. The molecule has 0 aliphatic carbocycles. The van der Waals surface area contributed by atoms with Crippen molar-refractivity contribution in [1.82, 2.24) is 25.2 Å². The van der Waals surface area contributed by atoms with Crippen molar-refractivity contribution in [2.75, 3.05) is 51.3 Å². The fraction of sp³-hybridized carbons (Fsp3) is 0.562. The number of nitrogens with one attached hydrogen (secondary N) is 1. The van der Waals surface area contributed by atoms with Crippen molar-refractivity contribution < 1.29 is 19.5 Å². The zero-order valence-electron chi connectivity index (χ0n) is 15.3. The molecule has 1 aliphatic heterocycles. The Kier molecular flexibility index (Phi) is 7.27. The van der Waals surface area contributed by atoms with Gasteiger partial charge in [0.1, 0.15) is 12.7 Å². The molecule has 2 N–H and O–H groups in total. The zero-order chi connectivity index (χ0) is 19.8. The average molecular weight is 377 g/mol. The van der Waals surface area contributed by atoms with E-state index < -0.39 is 6.09 Å². The molecule has 0 radical (unpaired) electrons. The topological polar surface area (TPSA) is 135 Å². The summed E-state index contributed by atoms with van der Waals surface area (Å²) >= 11 is 0. The van der Waals surface area contributed by atoms with Gasteiger partial charge in [-0.2, -0.15) is 10.3 Å². The molecule has 0 bridgehead atoms. The summed E-state index contributed by atoms with van der Waals surface area (Å²) in [7, 11) is 1.65. The third-order valence-electron chi connectivity index (χ3n) is 3.99. The van der Waals surface area contributed by atoms with E-state index >= 15 is 0 Å². The Morgan fingerprint density at radius 3 is 2.56 bits per heavy atom. The molecule has 1 atom stereocenters. The highest BCUT2D eigenvalue weighted by Gasteiger charge is 2.23. The number of hydrogen-bond acceptors (Lipinski definition) is 8. The van der Waals surface area contributed by atoms with Crippen LogP contribution in [0.3, 0.4) is 0 Å². The van der Waals surface area contributed by atoms with Crippen molar-refractivity contribution in [3.8, 4) is 6.07 Å². The summed E-state index contributed by atoms with van der Waals surface area (Å²) in [6.45, 7) is 4.14. The van der Waals surface area contributed by atoms with Crippen LogP contribution in [0.2, 0.25) is 0 Å². The van der Waals surface area contributed by atoms with Crippen LogP contribution in [0.5, 0.6) is 0 Å². The monoisotopic (exact) mass is 377 g/mol. The predicted molar refractivity (Wildman–Crippen MR) is 94.7 cm³/mol. The van der Waals surface area contributed by atoms with Crippen molar-refractivity contribution in [2.24, 2.45) is 0 Å². The maximum Gasteiger partial charge on any atom is 0.404 e. The SMILES string of the molecule is CC(CN(C)OCC(=O)N1CCN(c2ncc(C#N)cn2)CC1)NC(=O)O. The normalized spacial score (nSPS) is 15.3. The standard InChI is InChI=1S/C16H23N7O4/c1-12(20-16(25)26)10-21(2)27-11-14(24)22-3-5-23(6-4-22)15-18-8-13(7-17)9-19-15/h8-9,12,20H,3-6,10-11H2,1-2H3,(H,25,26). The van der Waals surface area contributed by atoms with Gasteiger partial charge in [0.05, 0.1) is 18.0 Å². The molecule has 1 fully saturated rings. The second-order valence-electron chi connectivity index (χ2n) is 6.19. The second kappa shape index (κ2) is 9.65. The maximum absolute atomic E-state index is 12.3. The summed E-state index contributed by atoms with van der Waals surface area (Å²) in [5, 5.41) is 21.2. The highest BCUT2D eigenvalue weighted by Crippen LogP contribution is 2.11. The number of amides is 2. The average Bonchev–Trinajstić information content (AvgIpc) is 2.65. The fourth-order valence-corrected chi connectivity index (χ4v) is 2.65. The van der Waals surface area contributed by atoms with Crippen LogP contribution in [0.25, 0.3) is 0 Å². The largest absolute Gasteiger partial charge is 0.465 e. The minimum atomic E-state index is -1.10. The van der Waals surface area contributed by atoms with Crippen LogP contribution in [0.15, 0.2) is 12.4 Å². The smallest absolute Gasteiger partial charge is 0.404 e. The lowest BCUT2D eigenvalue weighted by Crippen LogP contribution is -2.50. The number of piperazine rings is 1. The van der Waals surface area contributed by atoms with Crippen LogP contribution in [-0.4, -0.2) is 89.5 Å². The summed E-state index contributed by atoms with van der Waals surface area (Å²) < 4.78 is 0. The Morgan fingerprint density at radius 1 is 1.37 bits per heavy atom. The second-order valence-corrected chi connectivity index (χ2v) is 6.19. The molecule has 2 amide bonds. The van der Waals surface area contributed by atoms with Gasteiger partial charge in [-0.3, -0.25) is 9.63 Å². The number of carbonyl (C=O) groups is 2. The molecule has 2 rings (SSSR count). The van der Waals surface area contributed by atoms with Crippen LogP contribution in [0, 0.1) is 11.3 Å². The minimum absolute atomic E-state index is 0.107. The molecule has 2 heterocycles. The summed E-state index contributed by atoms with van der Waals surface area (Å²) in [5.41, 5.74) is 0.404. The van der Waals surface area contributed by atoms with Gasteiger partial charge in [0.15, 0.2) is 0 Å². The van der Waals surface area contributed by atoms with E-state index in [1.165, 1.54) is 17.5 Å². The molecule has 0 spiro atoms. The molecule has 1 aromatic rings. The number of anilines is 1. The first-order valence-corrected chi connectivity index (χ1v) is 8.47. The Morgan fingerprint density at radius 2 is 2.00 bits per heavy atom. The highest BCUT2D eigenvalue weighted by molar-refractivity contribution is 5.77. The van der Waals surface area contributed by atoms with E-state index in [-0.39, 0.29) is 18.6 Å². The Balaban J connectivity index is 1.72. The van der Waals surface area contributed by atoms with Gasteiger partial charge in [0, 0.05) is 45.8 Å². The van der Waals surface area contributed by atoms with E-state index in [4.69, 9.17) is 15.2 Å². The number of aromatic nitrogens is 2. The Hall–Kier alpha value is -2.97. The number of carbonyl (C=O) groups excluding carboxylic acids is 1. The molecule has 11 nitrogen and oxygen atoms in total. The lowest BCUT2D eigenvalue weighted by Gasteiger charge is -2.34. The first-order chi connectivity index (χ1) is 12.9. The molecule has 1 unspecified atom stereocenters. The van der Waals surface area contributed by atoms with Gasteiger partial charge in [-0.15, -0.1) is 0 Å². The van der Waals surface area contributed by atoms with Crippen LogP contribution < -0.4 is 10.2 Å². The van der Waals surface area contributed by atoms with Gasteiger partial charge in [-0.25, -0.2) is 14.8 Å². The lowest BCUT2D eigenvalue weighted by atomic mass is 10.3. The summed E-state index contributed by atoms with van der Waals surface area (Å²) in [6, 6.07) is 1.66. The fourth-order valence-electron chi connectivity index (χ4n) is 2.65. The summed E-state index contributed by atoms with van der Waals surface area (Å²) in [5.74, 6) is 0.401. The number of hydroxylamine groups is 2. The van der Waals surface area contributed by atoms with Crippen LogP contribution in [0.4, 0.5) is 10.7 Å². The number of nitriles is 1. The third kappa shape index (κ3) is 6.36. The van der Waals surface area contributed by atoms with Crippen LogP contribution >= 0.6 is 0 Å². The van der Waals surface area contributed by atoms with Crippen LogP contribution in [0.1, 0.15) is 12.5 Å². The van der Waals surface area contributed by atoms with E-state index in [1.807, 2.05) is 11.0 Å². The highest BCUT2D eigenvalue weighted by atomic mass is 16.7. The maximum atomic E-state index is 12.3. The molecule has 146 valence electrons. The van der Waals surface area contributed by atoms with E-state index in [9.17, 15) is 9.59 Å². The van der Waals surface area contributed by atoms with Gasteiger partial charge >= 0.3 is 6.09 Å². The van der Waals surface area contributed by atoms with Crippen molar-refractivity contribution in [3.63, 3.8) is 0 Å². The number of rotatable bonds is 7. The van der Waals surface area contributed by atoms with Crippen molar-refractivity contribution >= 4 is 17.9 Å². The van der Waals surface area contributed by atoms with Crippen molar-refractivity contribution in [3.05, 3.63) is 18.0 Å². The molecular weight excluding hydrogens is 354 g/mol. The number of carboxylic acid groups (broad SMARTS) is 1. The van der Waals surface area contributed by atoms with Crippen molar-refractivity contribution in [1.29, 1.82) is 5.26 Å².